The molecule has 21 heavy (non-hydrogen) atoms. The maximum atomic E-state index is 12.6. The van der Waals surface area contributed by atoms with Gasteiger partial charge >= 0.3 is 12.4 Å². The van der Waals surface area contributed by atoms with Crippen LogP contribution in [0.1, 0.15) is 16.7 Å². The van der Waals surface area contributed by atoms with E-state index < -0.39 is 45.6 Å². The van der Waals surface area contributed by atoms with Crippen molar-refractivity contribution in [1.29, 1.82) is 0 Å². The van der Waals surface area contributed by atoms with E-state index in [2.05, 4.69) is 6.58 Å². The van der Waals surface area contributed by atoms with Gasteiger partial charge in [0.1, 0.15) is 0 Å². The molecule has 0 saturated heterocycles. The van der Waals surface area contributed by atoms with Gasteiger partial charge in [0, 0.05) is 12.0 Å². The molecule has 0 radical (unpaired) electrons. The second kappa shape index (κ2) is 5.68. The van der Waals surface area contributed by atoms with E-state index in [1.54, 1.807) is 4.72 Å². The van der Waals surface area contributed by atoms with Crippen molar-refractivity contribution in [3.8, 4) is 0 Å². The van der Waals surface area contributed by atoms with Crippen LogP contribution in [0.5, 0.6) is 0 Å². The van der Waals surface area contributed by atoms with E-state index in [0.29, 0.717) is 17.5 Å². The minimum atomic E-state index is -4.98. The lowest BCUT2D eigenvalue weighted by molar-refractivity contribution is -0.143. The molecule has 1 rings (SSSR count). The number of halogens is 6. The first-order valence-corrected chi connectivity index (χ1v) is 6.80. The molecule has 0 aromatic heterocycles. The minimum absolute atomic E-state index is 0.0362. The van der Waals surface area contributed by atoms with Crippen LogP contribution in [0.3, 0.4) is 0 Å². The van der Waals surface area contributed by atoms with Gasteiger partial charge in [0.15, 0.2) is 0 Å². The Morgan fingerprint density at radius 3 is 1.76 bits per heavy atom. The molecule has 0 saturated carbocycles. The van der Waals surface area contributed by atoms with E-state index in [9.17, 15) is 34.8 Å². The van der Waals surface area contributed by atoms with Gasteiger partial charge in [-0.3, -0.25) is 0 Å². The third-order valence-corrected chi connectivity index (χ3v) is 3.33. The Hall–Kier alpha value is -1.55. The fraction of sp³-hybridized carbons (Fsp3) is 0.273. The van der Waals surface area contributed by atoms with Crippen molar-refractivity contribution in [2.75, 3.05) is 0 Å². The van der Waals surface area contributed by atoms with E-state index in [1.165, 1.54) is 0 Å². The van der Waals surface area contributed by atoms with Gasteiger partial charge < -0.3 is 0 Å². The molecular formula is C11H9F6NO2S. The smallest absolute Gasteiger partial charge is 0.208 e. The zero-order valence-electron chi connectivity index (χ0n) is 10.2. The zero-order chi connectivity index (χ0) is 16.5. The summed E-state index contributed by atoms with van der Waals surface area (Å²) in [6.07, 6.45) is -9.96. The van der Waals surface area contributed by atoms with E-state index in [4.69, 9.17) is 0 Å². The molecule has 0 aliphatic carbocycles. The summed E-state index contributed by atoms with van der Waals surface area (Å²) in [5.41, 5.74) is -3.49. The molecule has 0 atom stereocenters. The lowest BCUT2D eigenvalue weighted by Crippen LogP contribution is -2.21. The highest BCUT2D eigenvalue weighted by Crippen LogP contribution is 2.36. The van der Waals surface area contributed by atoms with Crippen molar-refractivity contribution in [3.05, 3.63) is 46.9 Å². The van der Waals surface area contributed by atoms with E-state index >= 15 is 0 Å². The summed E-state index contributed by atoms with van der Waals surface area (Å²) in [7, 11) is -3.96. The lowest BCUT2D eigenvalue weighted by Gasteiger charge is -2.14. The van der Waals surface area contributed by atoms with Gasteiger partial charge in [-0.05, 0) is 23.8 Å². The third-order valence-electron chi connectivity index (χ3n) is 2.34. The summed E-state index contributed by atoms with van der Waals surface area (Å²) in [4.78, 5) is 0. The second-order valence-corrected chi connectivity index (χ2v) is 5.66. The van der Waals surface area contributed by atoms with Crippen LogP contribution in [0.2, 0.25) is 0 Å². The molecule has 1 aromatic rings. The third kappa shape index (κ3) is 5.05. The molecule has 118 valence electrons. The quantitative estimate of drug-likeness (QED) is 0.860. The van der Waals surface area contributed by atoms with Crippen molar-refractivity contribution >= 4 is 10.0 Å². The molecule has 0 unspecified atom stereocenters. The molecule has 10 heteroatoms. The Kier molecular flexibility index (Phi) is 4.73. The molecular weight excluding hydrogens is 324 g/mol. The molecule has 1 N–H and O–H groups in total. The molecule has 0 fully saturated rings. The predicted molar refractivity (Wildman–Crippen MR) is 62.4 cm³/mol. The van der Waals surface area contributed by atoms with Crippen molar-refractivity contribution in [1.82, 2.24) is 4.72 Å². The van der Waals surface area contributed by atoms with Gasteiger partial charge in [-0.15, -0.1) is 0 Å². The van der Waals surface area contributed by atoms with Crippen LogP contribution in [0.15, 0.2) is 30.2 Å². The van der Waals surface area contributed by atoms with Crippen molar-refractivity contribution in [2.45, 2.75) is 18.9 Å². The predicted octanol–water partition coefficient (Wildman–Crippen LogP) is 3.29. The number of hydrogen-bond donors (Lipinski definition) is 1. The lowest BCUT2D eigenvalue weighted by atomic mass is 10.0. The van der Waals surface area contributed by atoms with Crippen molar-refractivity contribution in [3.63, 3.8) is 0 Å². The second-order valence-electron chi connectivity index (χ2n) is 3.95. The van der Waals surface area contributed by atoms with Gasteiger partial charge in [-0.2, -0.15) is 26.3 Å². The van der Waals surface area contributed by atoms with E-state index in [-0.39, 0.29) is 6.07 Å². The molecule has 0 bridgehead atoms. The van der Waals surface area contributed by atoms with E-state index in [1.807, 2.05) is 0 Å². The van der Waals surface area contributed by atoms with Crippen molar-refractivity contribution in [2.24, 2.45) is 0 Å². The zero-order valence-corrected chi connectivity index (χ0v) is 11.0. The summed E-state index contributed by atoms with van der Waals surface area (Å²) >= 11 is 0. The monoisotopic (exact) mass is 333 g/mol. The molecule has 0 aliphatic rings. The highest BCUT2D eigenvalue weighted by molar-refractivity contribution is 7.92. The van der Waals surface area contributed by atoms with Crippen molar-refractivity contribution < 1.29 is 34.8 Å². The summed E-state index contributed by atoms with van der Waals surface area (Å²) in [5, 5.41) is 0.491. The molecule has 0 spiro atoms. The minimum Gasteiger partial charge on any atom is -0.208 e. The van der Waals surface area contributed by atoms with Crippen LogP contribution < -0.4 is 4.72 Å². The van der Waals surface area contributed by atoms with Crippen LogP contribution in [0.4, 0.5) is 26.3 Å². The highest BCUT2D eigenvalue weighted by Gasteiger charge is 2.36. The van der Waals surface area contributed by atoms with Crippen LogP contribution in [-0.2, 0) is 28.9 Å². The Balaban J connectivity index is 3.23. The summed E-state index contributed by atoms with van der Waals surface area (Å²) in [6, 6.07) is 0.854. The number of rotatable bonds is 4. The summed E-state index contributed by atoms with van der Waals surface area (Å²) in [5.74, 6) is 0. The van der Waals surface area contributed by atoms with Gasteiger partial charge in [-0.25, -0.2) is 13.1 Å². The topological polar surface area (TPSA) is 46.2 Å². The SMILES string of the molecule is C=CS(=O)(=O)NCc1cc(C(F)(F)F)cc(C(F)(F)F)c1. The molecule has 0 heterocycles. The standard InChI is InChI=1S/C11H9F6NO2S/c1-2-21(19,20)18-6-7-3-8(10(12,13)14)5-9(4-7)11(15,16)17/h2-5,18H,1,6H2. The fourth-order valence-electron chi connectivity index (χ4n) is 1.36. The number of sulfonamides is 1. The summed E-state index contributed by atoms with van der Waals surface area (Å²) in [6.45, 7) is 2.23. The molecule has 1 aromatic carbocycles. The Morgan fingerprint density at radius 1 is 1.00 bits per heavy atom. The molecule has 0 amide bonds. The van der Waals surface area contributed by atoms with Crippen LogP contribution in [0, 0.1) is 0 Å². The number of nitrogens with one attached hydrogen (secondary N) is 1. The number of alkyl halides is 6. The highest BCUT2D eigenvalue weighted by atomic mass is 32.2. The van der Waals surface area contributed by atoms with Crippen LogP contribution in [-0.4, -0.2) is 8.42 Å². The maximum absolute atomic E-state index is 12.6. The Bertz CT molecular complexity index is 601. The summed E-state index contributed by atoms with van der Waals surface area (Å²) < 4.78 is 99.3. The Labute approximate surface area is 116 Å². The number of benzene rings is 1. The van der Waals surface area contributed by atoms with Gasteiger partial charge in [0.05, 0.1) is 11.1 Å². The first kappa shape index (κ1) is 17.5. The van der Waals surface area contributed by atoms with Crippen LogP contribution >= 0.6 is 0 Å². The maximum Gasteiger partial charge on any atom is 0.416 e. The molecule has 3 nitrogen and oxygen atoms in total. The van der Waals surface area contributed by atoms with E-state index in [0.717, 1.165) is 0 Å². The first-order chi connectivity index (χ1) is 9.35. The van der Waals surface area contributed by atoms with Gasteiger partial charge in [-0.1, -0.05) is 6.58 Å². The van der Waals surface area contributed by atoms with Crippen LogP contribution in [0.25, 0.3) is 0 Å². The normalized spacial score (nSPS) is 13.2. The number of hydrogen-bond acceptors (Lipinski definition) is 2. The Morgan fingerprint density at radius 2 is 1.43 bits per heavy atom. The largest absolute Gasteiger partial charge is 0.416 e. The van der Waals surface area contributed by atoms with Gasteiger partial charge in [0.2, 0.25) is 10.0 Å². The first-order valence-electron chi connectivity index (χ1n) is 5.25. The van der Waals surface area contributed by atoms with Gasteiger partial charge in [0.25, 0.3) is 0 Å². The average Bonchev–Trinajstić information content (AvgIpc) is 2.34. The fourth-order valence-corrected chi connectivity index (χ4v) is 1.85. The molecule has 0 aliphatic heterocycles. The average molecular weight is 333 g/mol.